The minimum Gasteiger partial charge on any atom is -0.379 e. The zero-order valence-corrected chi connectivity index (χ0v) is 14.1. The molecule has 0 saturated heterocycles. The molecule has 0 atom stereocenters. The van der Waals surface area contributed by atoms with Crippen molar-refractivity contribution in [3.8, 4) is 0 Å². The topological polar surface area (TPSA) is 84.7 Å². The van der Waals surface area contributed by atoms with Gasteiger partial charge in [0.05, 0.1) is 13.1 Å². The molecule has 0 bridgehead atoms. The maximum Gasteiger partial charge on any atom is 0.251 e. The first-order valence-electron chi connectivity index (χ1n) is 7.56. The summed E-state index contributed by atoms with van der Waals surface area (Å²) >= 11 is 1.62. The van der Waals surface area contributed by atoms with E-state index in [9.17, 15) is 4.79 Å². The fourth-order valence-corrected chi connectivity index (χ4v) is 2.88. The van der Waals surface area contributed by atoms with Crippen LogP contribution in [0.15, 0.2) is 42.3 Å². The van der Waals surface area contributed by atoms with Crippen molar-refractivity contribution in [1.82, 2.24) is 25.1 Å². The number of nitrogens with one attached hydrogen (secondary N) is 2. The van der Waals surface area contributed by atoms with E-state index < -0.39 is 0 Å². The Labute approximate surface area is 143 Å². The Bertz CT molecular complexity index is 799. The Hall–Kier alpha value is -2.74. The number of carbonyl (C=O) groups excluding carboxylic acids is 1. The van der Waals surface area contributed by atoms with Gasteiger partial charge in [0.25, 0.3) is 5.91 Å². The number of nitrogens with zero attached hydrogens (tertiary/aromatic N) is 4. The SMILES string of the molecule is Cc1csc(CNc2cccc(C(=O)NCCn3cncn3)c2)n1. The van der Waals surface area contributed by atoms with Crippen molar-refractivity contribution in [2.24, 2.45) is 0 Å². The van der Waals surface area contributed by atoms with E-state index in [0.29, 0.717) is 25.2 Å². The molecule has 24 heavy (non-hydrogen) atoms. The average Bonchev–Trinajstić information content (AvgIpc) is 3.25. The van der Waals surface area contributed by atoms with Crippen LogP contribution in [0.2, 0.25) is 0 Å². The van der Waals surface area contributed by atoms with Crippen molar-refractivity contribution in [1.29, 1.82) is 0 Å². The largest absolute Gasteiger partial charge is 0.379 e. The van der Waals surface area contributed by atoms with Gasteiger partial charge in [-0.3, -0.25) is 9.48 Å². The molecule has 0 spiro atoms. The zero-order valence-electron chi connectivity index (χ0n) is 13.3. The first-order chi connectivity index (χ1) is 11.7. The molecule has 0 aliphatic carbocycles. The number of hydrogen-bond acceptors (Lipinski definition) is 6. The summed E-state index contributed by atoms with van der Waals surface area (Å²) in [5.74, 6) is -0.108. The molecule has 2 aromatic heterocycles. The molecule has 3 rings (SSSR count). The van der Waals surface area contributed by atoms with E-state index >= 15 is 0 Å². The molecule has 7 nitrogen and oxygen atoms in total. The first-order valence-corrected chi connectivity index (χ1v) is 8.44. The Kier molecular flexibility index (Phi) is 5.17. The van der Waals surface area contributed by atoms with Crippen LogP contribution in [0.4, 0.5) is 5.69 Å². The second-order valence-corrected chi connectivity index (χ2v) is 6.17. The normalized spacial score (nSPS) is 10.5. The molecule has 2 heterocycles. The quantitative estimate of drug-likeness (QED) is 0.687. The van der Waals surface area contributed by atoms with Crippen LogP contribution >= 0.6 is 11.3 Å². The molecular formula is C16H18N6OS. The Balaban J connectivity index is 1.52. The molecule has 8 heteroatoms. The van der Waals surface area contributed by atoms with Gasteiger partial charge < -0.3 is 10.6 Å². The van der Waals surface area contributed by atoms with Crippen LogP contribution in [0, 0.1) is 6.92 Å². The lowest BCUT2D eigenvalue weighted by Crippen LogP contribution is -2.27. The smallest absolute Gasteiger partial charge is 0.251 e. The molecule has 0 aliphatic rings. The number of aromatic nitrogens is 4. The third kappa shape index (κ3) is 4.39. The fraction of sp³-hybridized carbons (Fsp3) is 0.250. The van der Waals surface area contributed by atoms with Crippen LogP contribution in [0.1, 0.15) is 21.1 Å². The predicted molar refractivity (Wildman–Crippen MR) is 93.0 cm³/mol. The third-order valence-electron chi connectivity index (χ3n) is 3.33. The molecule has 0 aliphatic heterocycles. The molecule has 1 aromatic carbocycles. The van der Waals surface area contributed by atoms with Crippen LogP contribution in [-0.4, -0.2) is 32.2 Å². The summed E-state index contributed by atoms with van der Waals surface area (Å²) in [5.41, 5.74) is 2.54. The van der Waals surface area contributed by atoms with Crippen molar-refractivity contribution in [3.05, 3.63) is 58.6 Å². The minimum absolute atomic E-state index is 0.108. The van der Waals surface area contributed by atoms with Gasteiger partial charge in [-0.05, 0) is 25.1 Å². The molecule has 2 N–H and O–H groups in total. The summed E-state index contributed by atoms with van der Waals surface area (Å²) in [7, 11) is 0. The molecule has 3 aromatic rings. The number of benzene rings is 1. The summed E-state index contributed by atoms with van der Waals surface area (Å²) in [6.07, 6.45) is 3.10. The summed E-state index contributed by atoms with van der Waals surface area (Å²) in [6, 6.07) is 7.43. The van der Waals surface area contributed by atoms with E-state index in [-0.39, 0.29) is 5.91 Å². The highest BCUT2D eigenvalue weighted by molar-refractivity contribution is 7.09. The van der Waals surface area contributed by atoms with Gasteiger partial charge in [-0.15, -0.1) is 11.3 Å². The van der Waals surface area contributed by atoms with Gasteiger partial charge in [0.15, 0.2) is 0 Å². The maximum absolute atomic E-state index is 12.2. The van der Waals surface area contributed by atoms with Crippen molar-refractivity contribution in [2.45, 2.75) is 20.0 Å². The summed E-state index contributed by atoms with van der Waals surface area (Å²) < 4.78 is 1.67. The van der Waals surface area contributed by atoms with Crippen LogP contribution in [0.5, 0.6) is 0 Å². The Morgan fingerprint density at radius 3 is 3.04 bits per heavy atom. The predicted octanol–water partition coefficient (Wildman–Crippen LogP) is 2.09. The number of carbonyl (C=O) groups is 1. The van der Waals surface area contributed by atoms with Crippen molar-refractivity contribution in [3.63, 3.8) is 0 Å². The highest BCUT2D eigenvalue weighted by Gasteiger charge is 2.06. The number of aryl methyl sites for hydroxylation is 1. The number of amides is 1. The molecule has 0 unspecified atom stereocenters. The number of thiazole rings is 1. The standard InChI is InChI=1S/C16H18N6OS/c1-12-9-24-15(21-12)8-19-14-4-2-3-13(7-14)16(23)18-5-6-22-11-17-10-20-22/h2-4,7,9-11,19H,5-6,8H2,1H3,(H,18,23). The van der Waals surface area contributed by atoms with E-state index in [1.165, 1.54) is 6.33 Å². The summed E-state index contributed by atoms with van der Waals surface area (Å²) in [4.78, 5) is 20.5. The maximum atomic E-state index is 12.2. The molecule has 0 radical (unpaired) electrons. The van der Waals surface area contributed by atoms with Crippen LogP contribution in [-0.2, 0) is 13.1 Å². The summed E-state index contributed by atoms with van der Waals surface area (Å²) in [6.45, 7) is 3.71. The van der Waals surface area contributed by atoms with E-state index in [1.54, 1.807) is 28.4 Å². The molecular weight excluding hydrogens is 324 g/mol. The summed E-state index contributed by atoms with van der Waals surface area (Å²) in [5, 5.41) is 13.2. The van der Waals surface area contributed by atoms with Crippen molar-refractivity contribution < 1.29 is 4.79 Å². The van der Waals surface area contributed by atoms with E-state index in [2.05, 4.69) is 25.7 Å². The van der Waals surface area contributed by atoms with Gasteiger partial charge in [-0.2, -0.15) is 5.10 Å². The Morgan fingerprint density at radius 2 is 2.29 bits per heavy atom. The van der Waals surface area contributed by atoms with Crippen molar-refractivity contribution >= 4 is 22.9 Å². The van der Waals surface area contributed by atoms with Gasteiger partial charge in [0.1, 0.15) is 17.7 Å². The molecule has 1 amide bonds. The number of hydrogen-bond donors (Lipinski definition) is 2. The van der Waals surface area contributed by atoms with Gasteiger partial charge in [-0.25, -0.2) is 9.97 Å². The second-order valence-electron chi connectivity index (χ2n) is 5.23. The lowest BCUT2D eigenvalue weighted by atomic mass is 10.2. The lowest BCUT2D eigenvalue weighted by Gasteiger charge is -2.08. The Morgan fingerprint density at radius 1 is 1.38 bits per heavy atom. The van der Waals surface area contributed by atoms with Crippen molar-refractivity contribution in [2.75, 3.05) is 11.9 Å². The van der Waals surface area contributed by atoms with Crippen LogP contribution in [0.3, 0.4) is 0 Å². The van der Waals surface area contributed by atoms with Crippen LogP contribution in [0.25, 0.3) is 0 Å². The van der Waals surface area contributed by atoms with E-state index in [0.717, 1.165) is 16.4 Å². The molecule has 0 fully saturated rings. The molecule has 0 saturated carbocycles. The highest BCUT2D eigenvalue weighted by Crippen LogP contribution is 2.14. The van der Waals surface area contributed by atoms with Crippen LogP contribution < -0.4 is 10.6 Å². The number of rotatable bonds is 7. The fourth-order valence-electron chi connectivity index (χ4n) is 2.17. The third-order valence-corrected chi connectivity index (χ3v) is 4.29. The van der Waals surface area contributed by atoms with Gasteiger partial charge >= 0.3 is 0 Å². The lowest BCUT2D eigenvalue weighted by molar-refractivity contribution is 0.0952. The minimum atomic E-state index is -0.108. The van der Waals surface area contributed by atoms with E-state index in [4.69, 9.17) is 0 Å². The second kappa shape index (κ2) is 7.69. The first kappa shape index (κ1) is 16.1. The average molecular weight is 342 g/mol. The molecule has 124 valence electrons. The monoisotopic (exact) mass is 342 g/mol. The van der Waals surface area contributed by atoms with E-state index in [1.807, 2.05) is 30.5 Å². The highest BCUT2D eigenvalue weighted by atomic mass is 32.1. The van der Waals surface area contributed by atoms with Gasteiger partial charge in [0.2, 0.25) is 0 Å². The number of anilines is 1. The zero-order chi connectivity index (χ0) is 16.8. The van der Waals surface area contributed by atoms with Gasteiger partial charge in [-0.1, -0.05) is 6.07 Å². The van der Waals surface area contributed by atoms with Gasteiger partial charge in [0, 0.05) is 28.9 Å².